The largest absolute Gasteiger partial charge is 0.438 e. The SMILES string of the molecule is CCCc1nc(NC)c(C)c(Oc2ccccc2CC)n1. The summed E-state index contributed by atoms with van der Waals surface area (Å²) >= 11 is 0. The summed E-state index contributed by atoms with van der Waals surface area (Å²) in [6, 6.07) is 8.08. The fourth-order valence-corrected chi connectivity index (χ4v) is 2.22. The van der Waals surface area contributed by atoms with Gasteiger partial charge in [-0.3, -0.25) is 0 Å². The summed E-state index contributed by atoms with van der Waals surface area (Å²) in [4.78, 5) is 9.09. The Morgan fingerprint density at radius 3 is 2.57 bits per heavy atom. The molecular weight excluding hydrogens is 262 g/mol. The van der Waals surface area contributed by atoms with Gasteiger partial charge < -0.3 is 10.1 Å². The van der Waals surface area contributed by atoms with Crippen molar-refractivity contribution in [1.82, 2.24) is 9.97 Å². The van der Waals surface area contributed by atoms with E-state index in [2.05, 4.69) is 35.2 Å². The molecule has 0 amide bonds. The maximum Gasteiger partial charge on any atom is 0.227 e. The number of aryl methyl sites for hydroxylation is 2. The van der Waals surface area contributed by atoms with Gasteiger partial charge in [-0.1, -0.05) is 32.0 Å². The Morgan fingerprint density at radius 2 is 1.90 bits per heavy atom. The van der Waals surface area contributed by atoms with Crippen LogP contribution in [-0.2, 0) is 12.8 Å². The van der Waals surface area contributed by atoms with Crippen molar-refractivity contribution in [2.24, 2.45) is 0 Å². The number of nitrogens with one attached hydrogen (secondary N) is 1. The highest BCUT2D eigenvalue weighted by atomic mass is 16.5. The predicted octanol–water partition coefficient (Wildman–Crippen LogP) is 4.13. The Labute approximate surface area is 126 Å². The number of hydrogen-bond donors (Lipinski definition) is 1. The molecule has 0 spiro atoms. The first-order valence-corrected chi connectivity index (χ1v) is 7.50. The number of benzene rings is 1. The average Bonchev–Trinajstić information content (AvgIpc) is 2.51. The maximum atomic E-state index is 6.07. The number of ether oxygens (including phenoxy) is 1. The number of aromatic nitrogens is 2. The average molecular weight is 285 g/mol. The minimum absolute atomic E-state index is 0.638. The fourth-order valence-electron chi connectivity index (χ4n) is 2.22. The lowest BCUT2D eigenvalue weighted by atomic mass is 10.1. The van der Waals surface area contributed by atoms with Crippen LogP contribution in [0.4, 0.5) is 5.82 Å². The van der Waals surface area contributed by atoms with E-state index in [1.165, 1.54) is 5.56 Å². The van der Waals surface area contributed by atoms with Gasteiger partial charge in [0, 0.05) is 13.5 Å². The van der Waals surface area contributed by atoms with Crippen LogP contribution in [0.5, 0.6) is 11.6 Å². The van der Waals surface area contributed by atoms with Gasteiger partial charge in [-0.05, 0) is 31.4 Å². The molecule has 0 saturated carbocycles. The zero-order valence-corrected chi connectivity index (χ0v) is 13.2. The van der Waals surface area contributed by atoms with E-state index in [1.807, 2.05) is 32.2 Å². The summed E-state index contributed by atoms with van der Waals surface area (Å²) in [5.41, 5.74) is 2.11. The quantitative estimate of drug-likeness (QED) is 0.866. The summed E-state index contributed by atoms with van der Waals surface area (Å²) in [5.74, 6) is 3.15. The van der Waals surface area contributed by atoms with E-state index in [1.54, 1.807) is 0 Å². The Balaban J connectivity index is 2.40. The number of para-hydroxylation sites is 1. The Hall–Kier alpha value is -2.10. The van der Waals surface area contributed by atoms with Gasteiger partial charge in [0.1, 0.15) is 17.4 Å². The zero-order chi connectivity index (χ0) is 15.2. The summed E-state index contributed by atoms with van der Waals surface area (Å²) in [7, 11) is 1.87. The third kappa shape index (κ3) is 3.51. The van der Waals surface area contributed by atoms with Crippen molar-refractivity contribution in [3.63, 3.8) is 0 Å². The van der Waals surface area contributed by atoms with Crippen LogP contribution >= 0.6 is 0 Å². The van der Waals surface area contributed by atoms with E-state index >= 15 is 0 Å². The lowest BCUT2D eigenvalue weighted by Gasteiger charge is -2.14. The Kier molecular flexibility index (Phi) is 5.14. The fraction of sp³-hybridized carbons (Fsp3) is 0.412. The number of hydrogen-bond acceptors (Lipinski definition) is 4. The number of anilines is 1. The molecule has 1 aromatic carbocycles. The molecule has 0 atom stereocenters. The third-order valence-electron chi connectivity index (χ3n) is 3.42. The van der Waals surface area contributed by atoms with Crippen molar-refractivity contribution in [2.45, 2.75) is 40.0 Å². The van der Waals surface area contributed by atoms with Crippen LogP contribution < -0.4 is 10.1 Å². The second-order valence-corrected chi connectivity index (χ2v) is 4.98. The highest BCUT2D eigenvalue weighted by molar-refractivity contribution is 5.49. The predicted molar refractivity (Wildman–Crippen MR) is 86.2 cm³/mol. The topological polar surface area (TPSA) is 47.0 Å². The molecule has 0 aliphatic carbocycles. The zero-order valence-electron chi connectivity index (χ0n) is 13.2. The molecule has 21 heavy (non-hydrogen) atoms. The van der Waals surface area contributed by atoms with Crippen molar-refractivity contribution in [2.75, 3.05) is 12.4 Å². The second-order valence-electron chi connectivity index (χ2n) is 4.98. The van der Waals surface area contributed by atoms with E-state index in [4.69, 9.17) is 4.74 Å². The molecular formula is C17H23N3O. The molecule has 0 aliphatic heterocycles. The van der Waals surface area contributed by atoms with Crippen LogP contribution in [0, 0.1) is 6.92 Å². The van der Waals surface area contributed by atoms with E-state index in [0.717, 1.165) is 42.2 Å². The molecule has 1 aromatic heterocycles. The molecule has 1 heterocycles. The summed E-state index contributed by atoms with van der Waals surface area (Å²) in [5, 5.41) is 3.12. The molecule has 0 bridgehead atoms. The van der Waals surface area contributed by atoms with Gasteiger partial charge in [-0.25, -0.2) is 4.98 Å². The Bertz CT molecular complexity index is 611. The van der Waals surface area contributed by atoms with Gasteiger partial charge in [0.2, 0.25) is 5.88 Å². The summed E-state index contributed by atoms with van der Waals surface area (Å²) in [6.07, 6.45) is 2.79. The van der Waals surface area contributed by atoms with Crippen LogP contribution in [0.1, 0.15) is 37.2 Å². The van der Waals surface area contributed by atoms with Crippen LogP contribution in [0.2, 0.25) is 0 Å². The molecule has 2 aromatic rings. The second kappa shape index (κ2) is 7.07. The standard InChI is InChI=1S/C17H23N3O/c1-5-9-15-19-16(18-4)12(3)17(20-15)21-14-11-8-7-10-13(14)6-2/h7-8,10-11H,5-6,9H2,1-4H3,(H,18,19,20). The lowest BCUT2D eigenvalue weighted by Crippen LogP contribution is -2.05. The summed E-state index contributed by atoms with van der Waals surface area (Å²) in [6.45, 7) is 6.22. The molecule has 112 valence electrons. The molecule has 0 aliphatic rings. The van der Waals surface area contributed by atoms with Gasteiger partial charge in [0.25, 0.3) is 0 Å². The van der Waals surface area contributed by atoms with Crippen molar-refractivity contribution >= 4 is 5.82 Å². The minimum Gasteiger partial charge on any atom is -0.438 e. The van der Waals surface area contributed by atoms with Crippen molar-refractivity contribution in [3.05, 3.63) is 41.2 Å². The maximum absolute atomic E-state index is 6.07. The monoisotopic (exact) mass is 285 g/mol. The van der Waals surface area contributed by atoms with E-state index in [-0.39, 0.29) is 0 Å². The molecule has 0 saturated heterocycles. The van der Waals surface area contributed by atoms with Gasteiger partial charge in [-0.15, -0.1) is 0 Å². The molecule has 4 heteroatoms. The molecule has 0 radical (unpaired) electrons. The highest BCUT2D eigenvalue weighted by Gasteiger charge is 2.13. The molecule has 1 N–H and O–H groups in total. The lowest BCUT2D eigenvalue weighted by molar-refractivity contribution is 0.449. The van der Waals surface area contributed by atoms with Gasteiger partial charge in [0.15, 0.2) is 0 Å². The molecule has 2 rings (SSSR count). The highest BCUT2D eigenvalue weighted by Crippen LogP contribution is 2.29. The van der Waals surface area contributed by atoms with E-state index in [9.17, 15) is 0 Å². The Morgan fingerprint density at radius 1 is 1.14 bits per heavy atom. The van der Waals surface area contributed by atoms with Crippen LogP contribution in [0.15, 0.2) is 24.3 Å². The molecule has 0 unspecified atom stereocenters. The van der Waals surface area contributed by atoms with Gasteiger partial charge in [0.05, 0.1) is 5.56 Å². The van der Waals surface area contributed by atoms with Crippen LogP contribution in [-0.4, -0.2) is 17.0 Å². The summed E-state index contributed by atoms with van der Waals surface area (Å²) < 4.78 is 6.07. The first-order chi connectivity index (χ1) is 10.2. The first-order valence-electron chi connectivity index (χ1n) is 7.50. The van der Waals surface area contributed by atoms with E-state index in [0.29, 0.717) is 5.88 Å². The smallest absolute Gasteiger partial charge is 0.227 e. The number of nitrogens with zero attached hydrogens (tertiary/aromatic N) is 2. The van der Waals surface area contributed by atoms with E-state index < -0.39 is 0 Å². The third-order valence-corrected chi connectivity index (χ3v) is 3.42. The van der Waals surface area contributed by atoms with Crippen LogP contribution in [0.3, 0.4) is 0 Å². The number of rotatable bonds is 6. The van der Waals surface area contributed by atoms with Crippen molar-refractivity contribution in [3.8, 4) is 11.6 Å². The molecule has 0 fully saturated rings. The first kappa shape index (κ1) is 15.3. The van der Waals surface area contributed by atoms with Crippen LogP contribution in [0.25, 0.3) is 0 Å². The van der Waals surface area contributed by atoms with Crippen molar-refractivity contribution < 1.29 is 4.74 Å². The normalized spacial score (nSPS) is 10.5. The van der Waals surface area contributed by atoms with Crippen molar-refractivity contribution in [1.29, 1.82) is 0 Å². The van der Waals surface area contributed by atoms with Gasteiger partial charge >= 0.3 is 0 Å². The molecule has 4 nitrogen and oxygen atoms in total. The van der Waals surface area contributed by atoms with Gasteiger partial charge in [-0.2, -0.15) is 4.98 Å². The minimum atomic E-state index is 0.638.